The van der Waals surface area contributed by atoms with Crippen LogP contribution in [0.1, 0.15) is 0 Å². The van der Waals surface area contributed by atoms with Crippen molar-refractivity contribution in [3.05, 3.63) is 34.4 Å². The average molecular weight is 269 g/mol. The highest BCUT2D eigenvalue weighted by molar-refractivity contribution is 7.89. The zero-order valence-electron chi connectivity index (χ0n) is 9.31. The van der Waals surface area contributed by atoms with Crippen LogP contribution >= 0.6 is 0 Å². The molecule has 0 amide bonds. The maximum absolute atomic E-state index is 12.3. The first-order valence-electron chi connectivity index (χ1n) is 5.51. The molecule has 18 heavy (non-hydrogen) atoms. The Bertz CT molecular complexity index is 605. The van der Waals surface area contributed by atoms with Crippen LogP contribution in [0.3, 0.4) is 0 Å². The van der Waals surface area contributed by atoms with Crippen molar-refractivity contribution in [2.45, 2.75) is 17.0 Å². The quantitative estimate of drug-likeness (QED) is 0.471. The summed E-state index contributed by atoms with van der Waals surface area (Å²) < 4.78 is 26.0. The second kappa shape index (κ2) is 3.74. The van der Waals surface area contributed by atoms with Crippen LogP contribution in [0.25, 0.3) is 0 Å². The Morgan fingerprint density at radius 1 is 1.28 bits per heavy atom. The van der Waals surface area contributed by atoms with E-state index in [1.807, 2.05) is 0 Å². The number of nitrogens with zero attached hydrogens (tertiary/aromatic N) is 2. The van der Waals surface area contributed by atoms with Gasteiger partial charge in [-0.15, -0.1) is 0 Å². The van der Waals surface area contributed by atoms with E-state index in [0.717, 1.165) is 0 Å². The molecular formula is C10H11N3O4S. The SMILES string of the molecule is O=[N+]([O-])c1ccccc1S(=O)(=O)N1C2CNCC21. The molecule has 8 heteroatoms. The highest BCUT2D eigenvalue weighted by Gasteiger charge is 2.58. The van der Waals surface area contributed by atoms with Gasteiger partial charge in [-0.1, -0.05) is 12.1 Å². The smallest absolute Gasteiger partial charge is 0.289 e. The van der Waals surface area contributed by atoms with E-state index in [2.05, 4.69) is 5.32 Å². The molecule has 7 nitrogen and oxygen atoms in total. The number of hydrogen-bond donors (Lipinski definition) is 1. The fraction of sp³-hybridized carbons (Fsp3) is 0.400. The van der Waals surface area contributed by atoms with Crippen molar-refractivity contribution in [2.24, 2.45) is 0 Å². The van der Waals surface area contributed by atoms with Crippen molar-refractivity contribution < 1.29 is 13.3 Å². The van der Waals surface area contributed by atoms with Gasteiger partial charge in [-0.3, -0.25) is 10.1 Å². The zero-order chi connectivity index (χ0) is 12.9. The molecule has 1 aromatic rings. The number of nitro benzene ring substituents is 1. The summed E-state index contributed by atoms with van der Waals surface area (Å²) >= 11 is 0. The lowest BCUT2D eigenvalue weighted by Gasteiger charge is -2.09. The fourth-order valence-corrected chi connectivity index (χ4v) is 4.41. The van der Waals surface area contributed by atoms with Gasteiger partial charge in [0.1, 0.15) is 0 Å². The van der Waals surface area contributed by atoms with E-state index < -0.39 is 14.9 Å². The molecule has 2 heterocycles. The molecule has 96 valence electrons. The summed E-state index contributed by atoms with van der Waals surface area (Å²) in [4.78, 5) is 9.99. The van der Waals surface area contributed by atoms with Crippen LogP contribution < -0.4 is 5.32 Å². The van der Waals surface area contributed by atoms with Gasteiger partial charge in [0, 0.05) is 19.2 Å². The Morgan fingerprint density at radius 3 is 2.50 bits per heavy atom. The van der Waals surface area contributed by atoms with E-state index in [4.69, 9.17) is 0 Å². The van der Waals surface area contributed by atoms with E-state index in [1.165, 1.54) is 28.6 Å². The minimum absolute atomic E-state index is 0.0465. The Hall–Kier alpha value is -1.51. The molecule has 2 unspecified atom stereocenters. The fourth-order valence-electron chi connectivity index (χ4n) is 2.44. The van der Waals surface area contributed by atoms with Crippen molar-refractivity contribution in [3.63, 3.8) is 0 Å². The van der Waals surface area contributed by atoms with Crippen LogP contribution in [0.15, 0.2) is 29.2 Å². The monoisotopic (exact) mass is 269 g/mol. The zero-order valence-corrected chi connectivity index (χ0v) is 10.1. The Balaban J connectivity index is 2.02. The molecule has 0 bridgehead atoms. The second-order valence-electron chi connectivity index (χ2n) is 4.35. The number of hydrogen-bond acceptors (Lipinski definition) is 5. The standard InChI is InChI=1S/C10H11N3O4S/c14-13(15)7-3-1-2-4-10(7)18(16,17)12-8-5-11-6-9(8)12/h1-4,8-9,11H,5-6H2. The third kappa shape index (κ3) is 1.53. The lowest BCUT2D eigenvalue weighted by Crippen LogP contribution is -2.27. The lowest BCUT2D eigenvalue weighted by molar-refractivity contribution is -0.387. The summed E-state index contributed by atoms with van der Waals surface area (Å²) in [5.74, 6) is 0. The third-order valence-electron chi connectivity index (χ3n) is 3.33. The van der Waals surface area contributed by atoms with Crippen molar-refractivity contribution in [1.29, 1.82) is 0 Å². The van der Waals surface area contributed by atoms with E-state index in [-0.39, 0.29) is 22.7 Å². The number of nitro groups is 1. The predicted molar refractivity (Wildman–Crippen MR) is 62.6 cm³/mol. The number of fused-ring (bicyclic) bond motifs is 1. The molecule has 2 atom stereocenters. The summed E-state index contributed by atoms with van der Waals surface area (Å²) in [6, 6.07) is 5.36. The number of para-hydroxylation sites is 1. The number of benzene rings is 1. The van der Waals surface area contributed by atoms with Gasteiger partial charge >= 0.3 is 0 Å². The molecule has 0 saturated carbocycles. The van der Waals surface area contributed by atoms with Crippen molar-refractivity contribution in [1.82, 2.24) is 9.62 Å². The van der Waals surface area contributed by atoms with E-state index in [1.54, 1.807) is 0 Å². The topological polar surface area (TPSA) is 92.3 Å². The maximum atomic E-state index is 12.3. The molecular weight excluding hydrogens is 258 g/mol. The molecule has 0 aromatic heterocycles. The molecule has 0 spiro atoms. The van der Waals surface area contributed by atoms with Crippen LogP contribution in [0.4, 0.5) is 5.69 Å². The van der Waals surface area contributed by atoms with Crippen molar-refractivity contribution in [2.75, 3.05) is 13.1 Å². The molecule has 2 aliphatic rings. The minimum Gasteiger partial charge on any atom is -0.313 e. The highest BCUT2D eigenvalue weighted by Crippen LogP contribution is 2.39. The van der Waals surface area contributed by atoms with Gasteiger partial charge in [-0.05, 0) is 6.07 Å². The normalized spacial score (nSPS) is 29.9. The molecule has 0 aliphatic carbocycles. The van der Waals surface area contributed by atoms with Crippen LogP contribution in [-0.2, 0) is 10.0 Å². The first-order valence-corrected chi connectivity index (χ1v) is 6.95. The minimum atomic E-state index is -3.75. The van der Waals surface area contributed by atoms with Crippen LogP contribution in [-0.4, -0.2) is 42.8 Å². The second-order valence-corrected chi connectivity index (χ2v) is 6.16. The van der Waals surface area contributed by atoms with E-state index in [9.17, 15) is 18.5 Å². The summed E-state index contributed by atoms with van der Waals surface area (Å²) in [5, 5.41) is 13.9. The molecule has 0 radical (unpaired) electrons. The summed E-state index contributed by atoms with van der Waals surface area (Å²) in [7, 11) is -3.75. The van der Waals surface area contributed by atoms with Gasteiger partial charge in [0.15, 0.2) is 4.90 Å². The Kier molecular flexibility index (Phi) is 2.40. The maximum Gasteiger partial charge on any atom is 0.289 e. The summed E-state index contributed by atoms with van der Waals surface area (Å²) in [6.45, 7) is 1.23. The number of nitrogens with one attached hydrogen (secondary N) is 1. The van der Waals surface area contributed by atoms with Crippen molar-refractivity contribution >= 4 is 15.7 Å². The van der Waals surface area contributed by atoms with E-state index in [0.29, 0.717) is 13.1 Å². The van der Waals surface area contributed by atoms with E-state index >= 15 is 0 Å². The number of piperazine rings is 1. The largest absolute Gasteiger partial charge is 0.313 e. The molecule has 3 rings (SSSR count). The number of rotatable bonds is 3. The lowest BCUT2D eigenvalue weighted by atomic mass is 10.3. The van der Waals surface area contributed by atoms with Gasteiger partial charge in [-0.25, -0.2) is 8.42 Å². The summed E-state index contributed by atoms with van der Waals surface area (Å²) in [6.07, 6.45) is 0. The highest BCUT2D eigenvalue weighted by atomic mass is 32.2. The number of sulfonamides is 1. The van der Waals surface area contributed by atoms with Crippen LogP contribution in [0.5, 0.6) is 0 Å². The first-order chi connectivity index (χ1) is 8.53. The summed E-state index contributed by atoms with van der Waals surface area (Å²) in [5.41, 5.74) is -0.365. The average Bonchev–Trinajstić information content (AvgIpc) is 2.86. The van der Waals surface area contributed by atoms with Gasteiger partial charge in [-0.2, -0.15) is 4.31 Å². The molecule has 2 fully saturated rings. The Labute approximate surface area is 104 Å². The molecule has 1 N–H and O–H groups in total. The predicted octanol–water partition coefficient (Wildman–Crippen LogP) is -0.0605. The van der Waals surface area contributed by atoms with Gasteiger partial charge < -0.3 is 5.32 Å². The van der Waals surface area contributed by atoms with Crippen molar-refractivity contribution in [3.8, 4) is 0 Å². The third-order valence-corrected chi connectivity index (χ3v) is 5.33. The van der Waals surface area contributed by atoms with Gasteiger partial charge in [0.05, 0.1) is 17.0 Å². The molecule has 2 saturated heterocycles. The van der Waals surface area contributed by atoms with Gasteiger partial charge in [0.25, 0.3) is 15.7 Å². The van der Waals surface area contributed by atoms with Gasteiger partial charge in [0.2, 0.25) is 0 Å². The Morgan fingerprint density at radius 2 is 1.89 bits per heavy atom. The van der Waals surface area contributed by atoms with Crippen LogP contribution in [0.2, 0.25) is 0 Å². The molecule has 1 aromatic carbocycles. The molecule has 2 aliphatic heterocycles. The van der Waals surface area contributed by atoms with Crippen LogP contribution in [0, 0.1) is 10.1 Å². The first kappa shape index (κ1) is 11.6.